The lowest BCUT2D eigenvalue weighted by Gasteiger charge is -2.11. The van der Waals surface area contributed by atoms with E-state index < -0.39 is 28.4 Å². The van der Waals surface area contributed by atoms with Crippen molar-refractivity contribution in [2.75, 3.05) is 24.7 Å². The second-order valence-corrected chi connectivity index (χ2v) is 8.89. The highest BCUT2D eigenvalue weighted by atomic mass is 32.2. The number of aromatic nitrogens is 1. The number of amides is 1. The van der Waals surface area contributed by atoms with E-state index in [1.54, 1.807) is 25.3 Å². The maximum Gasteiger partial charge on any atom is 0.244 e. The zero-order valence-electron chi connectivity index (χ0n) is 18.3. The molecule has 1 heterocycles. The van der Waals surface area contributed by atoms with Gasteiger partial charge >= 0.3 is 0 Å². The fourth-order valence-corrected chi connectivity index (χ4v) is 3.53. The topological polar surface area (TPSA) is 97.4 Å². The number of carbonyl (C=O) groups is 1. The Kier molecular flexibility index (Phi) is 9.51. The summed E-state index contributed by atoms with van der Waals surface area (Å²) in [5.74, 6) is 0.932. The van der Waals surface area contributed by atoms with Crippen molar-refractivity contribution in [3.8, 4) is 12.3 Å². The van der Waals surface area contributed by atoms with E-state index in [0.717, 1.165) is 12.3 Å². The maximum absolute atomic E-state index is 14.4. The third-order valence-corrected chi connectivity index (χ3v) is 5.01. The molecule has 0 saturated heterocycles. The summed E-state index contributed by atoms with van der Waals surface area (Å²) in [6.45, 7) is -0.190. The van der Waals surface area contributed by atoms with Crippen molar-refractivity contribution < 1.29 is 26.7 Å². The van der Waals surface area contributed by atoms with Gasteiger partial charge in [-0.2, -0.15) is 0 Å². The largest absolute Gasteiger partial charge is 0.385 e. The summed E-state index contributed by atoms with van der Waals surface area (Å²) < 4.78 is 57.2. The zero-order chi connectivity index (χ0) is 24.4. The van der Waals surface area contributed by atoms with Crippen LogP contribution in [-0.2, 0) is 39.2 Å². The van der Waals surface area contributed by atoms with E-state index in [4.69, 9.17) is 11.2 Å². The molecule has 0 unspecified atom stereocenters. The van der Waals surface area contributed by atoms with Crippen LogP contribution in [0, 0.1) is 18.2 Å². The SMILES string of the molecule is C#Cc1cc(CNC(=O)/C=C/c2ccc(CF)nc2CCCOC)cc(F)c1NS(C)(=O)=O. The van der Waals surface area contributed by atoms with E-state index >= 15 is 0 Å². The van der Waals surface area contributed by atoms with Gasteiger partial charge in [-0.05, 0) is 48.2 Å². The smallest absolute Gasteiger partial charge is 0.244 e. The quantitative estimate of drug-likeness (QED) is 0.295. The fourth-order valence-electron chi connectivity index (χ4n) is 2.95. The average molecular weight is 478 g/mol. The number of terminal acetylenes is 1. The van der Waals surface area contributed by atoms with E-state index in [0.29, 0.717) is 42.0 Å². The standard InChI is InChI=1S/C23H25F2N3O4S/c1-4-17-12-16(13-20(25)23(17)28-33(3,30)31)15-26-22(29)10-8-18-7-9-19(14-24)27-21(18)6-5-11-32-2/h1,7-10,12-13,28H,5-6,11,14-15H2,2-3H3,(H,26,29)/b10-8+. The van der Waals surface area contributed by atoms with Gasteiger partial charge in [-0.25, -0.2) is 17.2 Å². The van der Waals surface area contributed by atoms with Gasteiger partial charge in [0, 0.05) is 32.0 Å². The van der Waals surface area contributed by atoms with Crippen LogP contribution in [0.2, 0.25) is 0 Å². The Morgan fingerprint density at radius 2 is 2.09 bits per heavy atom. The molecule has 0 atom stereocenters. The number of pyridine rings is 1. The van der Waals surface area contributed by atoms with Crippen LogP contribution in [0.3, 0.4) is 0 Å². The number of rotatable bonds is 11. The van der Waals surface area contributed by atoms with Crippen LogP contribution in [0.15, 0.2) is 30.3 Å². The van der Waals surface area contributed by atoms with Gasteiger partial charge < -0.3 is 10.1 Å². The van der Waals surface area contributed by atoms with Gasteiger partial charge in [0.1, 0.15) is 12.5 Å². The minimum absolute atomic E-state index is 0.0138. The van der Waals surface area contributed by atoms with Crippen LogP contribution in [-0.4, -0.2) is 39.3 Å². The predicted molar refractivity (Wildman–Crippen MR) is 123 cm³/mol. The lowest BCUT2D eigenvalue weighted by atomic mass is 10.1. The number of nitrogens with one attached hydrogen (secondary N) is 2. The first-order valence-electron chi connectivity index (χ1n) is 9.93. The van der Waals surface area contributed by atoms with E-state index in [9.17, 15) is 22.0 Å². The van der Waals surface area contributed by atoms with Crippen molar-refractivity contribution in [1.82, 2.24) is 10.3 Å². The first-order valence-corrected chi connectivity index (χ1v) is 11.8. The number of methoxy groups -OCH3 is 1. The lowest BCUT2D eigenvalue weighted by Crippen LogP contribution is -2.21. The van der Waals surface area contributed by atoms with Gasteiger partial charge in [-0.15, -0.1) is 6.42 Å². The molecule has 33 heavy (non-hydrogen) atoms. The minimum Gasteiger partial charge on any atom is -0.385 e. The first-order chi connectivity index (χ1) is 15.7. The number of anilines is 1. The number of ether oxygens (including phenoxy) is 1. The lowest BCUT2D eigenvalue weighted by molar-refractivity contribution is -0.116. The molecule has 176 valence electrons. The molecule has 0 bridgehead atoms. The highest BCUT2D eigenvalue weighted by Gasteiger charge is 2.14. The van der Waals surface area contributed by atoms with Crippen LogP contribution in [0.4, 0.5) is 14.5 Å². The third-order valence-electron chi connectivity index (χ3n) is 4.44. The summed E-state index contributed by atoms with van der Waals surface area (Å²) in [6.07, 6.45) is 10.4. The number of sulfonamides is 1. The molecule has 1 amide bonds. The normalized spacial score (nSPS) is 11.4. The van der Waals surface area contributed by atoms with Crippen LogP contribution < -0.4 is 10.0 Å². The van der Waals surface area contributed by atoms with Gasteiger partial charge in [0.05, 0.1) is 23.2 Å². The summed E-state index contributed by atoms with van der Waals surface area (Å²) >= 11 is 0. The highest BCUT2D eigenvalue weighted by Crippen LogP contribution is 2.22. The van der Waals surface area contributed by atoms with Gasteiger partial charge in [0.15, 0.2) is 0 Å². The predicted octanol–water partition coefficient (Wildman–Crippen LogP) is 2.95. The molecule has 7 nitrogen and oxygen atoms in total. The Morgan fingerprint density at radius 3 is 2.73 bits per heavy atom. The summed E-state index contributed by atoms with van der Waals surface area (Å²) in [5, 5.41) is 2.61. The number of halogens is 2. The molecule has 0 aliphatic rings. The number of benzene rings is 1. The van der Waals surface area contributed by atoms with Gasteiger partial charge in [-0.3, -0.25) is 14.5 Å². The van der Waals surface area contributed by atoms with E-state index in [-0.39, 0.29) is 17.8 Å². The number of hydrogen-bond donors (Lipinski definition) is 2. The molecular weight excluding hydrogens is 452 g/mol. The molecule has 0 radical (unpaired) electrons. The molecule has 2 aromatic rings. The molecule has 1 aromatic heterocycles. The summed E-state index contributed by atoms with van der Waals surface area (Å²) in [4.78, 5) is 16.5. The molecule has 0 aliphatic heterocycles. The van der Waals surface area contributed by atoms with Crippen LogP contribution >= 0.6 is 0 Å². The van der Waals surface area contributed by atoms with Crippen molar-refractivity contribution in [2.24, 2.45) is 0 Å². The van der Waals surface area contributed by atoms with Gasteiger partial charge in [0.2, 0.25) is 15.9 Å². The van der Waals surface area contributed by atoms with Crippen molar-refractivity contribution in [2.45, 2.75) is 26.1 Å². The van der Waals surface area contributed by atoms with Crippen LogP contribution in [0.25, 0.3) is 6.08 Å². The highest BCUT2D eigenvalue weighted by molar-refractivity contribution is 7.92. The zero-order valence-corrected chi connectivity index (χ0v) is 19.1. The summed E-state index contributed by atoms with van der Waals surface area (Å²) in [6, 6.07) is 5.74. The van der Waals surface area contributed by atoms with E-state index in [1.807, 2.05) is 0 Å². The number of aryl methyl sites for hydroxylation is 1. The average Bonchev–Trinajstić information content (AvgIpc) is 2.77. The Balaban J connectivity index is 2.10. The molecule has 1 aromatic carbocycles. The molecule has 2 N–H and O–H groups in total. The van der Waals surface area contributed by atoms with Crippen LogP contribution in [0.5, 0.6) is 0 Å². The number of hydrogen-bond acceptors (Lipinski definition) is 5. The third kappa shape index (κ3) is 8.29. The molecular formula is C23H25F2N3O4S. The van der Waals surface area contributed by atoms with E-state index in [2.05, 4.69) is 20.9 Å². The summed E-state index contributed by atoms with van der Waals surface area (Å²) in [5.41, 5.74) is 1.69. The Morgan fingerprint density at radius 1 is 1.33 bits per heavy atom. The maximum atomic E-state index is 14.4. The first kappa shape index (κ1) is 26.0. The van der Waals surface area contributed by atoms with Crippen molar-refractivity contribution in [3.63, 3.8) is 0 Å². The number of nitrogens with zero attached hydrogens (tertiary/aromatic N) is 1. The van der Waals surface area contributed by atoms with Crippen LogP contribution in [0.1, 0.15) is 34.5 Å². The van der Waals surface area contributed by atoms with Gasteiger partial charge in [-0.1, -0.05) is 12.0 Å². The molecule has 0 saturated carbocycles. The Hall–Kier alpha value is -3.29. The summed E-state index contributed by atoms with van der Waals surface area (Å²) in [7, 11) is -2.13. The van der Waals surface area contributed by atoms with Crippen molar-refractivity contribution >= 4 is 27.7 Å². The second-order valence-electron chi connectivity index (χ2n) is 7.14. The molecule has 0 aliphatic carbocycles. The Bertz CT molecular complexity index is 1170. The molecule has 10 heteroatoms. The Labute approximate surface area is 192 Å². The van der Waals surface area contributed by atoms with Crippen molar-refractivity contribution in [3.05, 3.63) is 64.2 Å². The fraction of sp³-hybridized carbons (Fsp3) is 0.304. The molecule has 0 spiro atoms. The number of carbonyl (C=O) groups excluding carboxylic acids is 1. The van der Waals surface area contributed by atoms with Crippen molar-refractivity contribution in [1.29, 1.82) is 0 Å². The second kappa shape index (κ2) is 12.1. The number of alkyl halides is 1. The van der Waals surface area contributed by atoms with E-state index in [1.165, 1.54) is 12.1 Å². The monoisotopic (exact) mass is 477 g/mol. The van der Waals surface area contributed by atoms with Gasteiger partial charge in [0.25, 0.3) is 0 Å². The minimum atomic E-state index is -3.72. The molecule has 0 fully saturated rings. The molecule has 2 rings (SSSR count).